The van der Waals surface area contributed by atoms with Crippen molar-refractivity contribution in [3.63, 3.8) is 0 Å². The van der Waals surface area contributed by atoms with Gasteiger partial charge in [-0.15, -0.1) is 0 Å². The maximum Gasteiger partial charge on any atom is 0.528 e. The lowest BCUT2D eigenvalue weighted by atomic mass is 10.3. The van der Waals surface area contributed by atoms with Gasteiger partial charge in [0.05, 0.1) is 6.26 Å². The molecule has 0 aliphatic carbocycles. The largest absolute Gasteiger partial charge is 0.528 e. The SMILES string of the molecule is [3H]O[Si](O[3H])(O[3H])c1ccc(OC=C)cc1. The zero-order chi connectivity index (χ0) is 12.0. The highest BCUT2D eigenvalue weighted by Gasteiger charge is 2.29. The minimum atomic E-state index is -3.72. The summed E-state index contributed by atoms with van der Waals surface area (Å²) in [6.07, 6.45) is 1.27. The monoisotopic (exact) mass is 204 g/mol. The van der Waals surface area contributed by atoms with Crippen LogP contribution in [0.3, 0.4) is 0 Å². The highest BCUT2D eigenvalue weighted by atomic mass is 28.4. The predicted octanol–water partition coefficient (Wildman–Crippen LogP) is -0.668. The Morgan fingerprint density at radius 3 is 2.38 bits per heavy atom. The molecule has 4 nitrogen and oxygen atoms in total. The van der Waals surface area contributed by atoms with Crippen molar-refractivity contribution >= 4 is 14.0 Å². The lowest BCUT2D eigenvalue weighted by Gasteiger charge is -2.09. The fraction of sp³-hybridized carbons (Fsp3) is 0. The molecule has 0 aromatic heterocycles. The lowest BCUT2D eigenvalue weighted by molar-refractivity contribution is 0.249. The summed E-state index contributed by atoms with van der Waals surface area (Å²) in [5, 5.41) is 0.323. The molecule has 0 heterocycles. The van der Waals surface area contributed by atoms with Crippen LogP contribution in [-0.4, -0.2) is 27.5 Å². The van der Waals surface area contributed by atoms with Crippen LogP contribution in [0.4, 0.5) is 0 Å². The summed E-state index contributed by atoms with van der Waals surface area (Å²) in [5.74, 6) is 0.529. The number of benzene rings is 1. The van der Waals surface area contributed by atoms with Crippen molar-refractivity contribution in [3.8, 4) is 5.75 Å². The molecular formula is C8H10O4Si. The van der Waals surface area contributed by atoms with Gasteiger partial charge in [-0.3, -0.25) is 0 Å². The van der Waals surface area contributed by atoms with Crippen molar-refractivity contribution in [1.82, 2.24) is 0 Å². The zero-order valence-electron chi connectivity index (χ0n) is 9.73. The fourth-order valence-corrected chi connectivity index (χ4v) is 1.41. The van der Waals surface area contributed by atoms with Gasteiger partial charge in [0.15, 0.2) is 4.29 Å². The summed E-state index contributed by atoms with van der Waals surface area (Å²) in [7, 11) is -3.72. The van der Waals surface area contributed by atoms with Crippen molar-refractivity contribution in [2.24, 2.45) is 0 Å². The van der Waals surface area contributed by atoms with Crippen LogP contribution < -0.4 is 9.92 Å². The van der Waals surface area contributed by atoms with E-state index in [9.17, 15) is 0 Å². The summed E-state index contributed by atoms with van der Waals surface area (Å²) in [4.78, 5) is 12.7. The second-order valence-corrected chi connectivity index (χ2v) is 4.05. The fourth-order valence-electron chi connectivity index (χ4n) is 0.834. The quantitative estimate of drug-likeness (QED) is 0.425. The van der Waals surface area contributed by atoms with Gasteiger partial charge >= 0.3 is 8.80 Å². The van der Waals surface area contributed by atoms with Crippen LogP contribution in [0.15, 0.2) is 37.1 Å². The van der Waals surface area contributed by atoms with Crippen molar-refractivity contribution < 1.29 is 19.1 Å². The number of rotatable bonds is 6. The maximum absolute atomic E-state index is 6.80. The van der Waals surface area contributed by atoms with Crippen LogP contribution in [0.2, 0.25) is 0 Å². The first-order chi connectivity index (χ1) is 7.72. The molecule has 0 aliphatic heterocycles. The molecule has 3 N–H and O–H groups in total. The molecule has 0 bridgehead atoms. The summed E-state index contributed by atoms with van der Waals surface area (Å²) in [5.41, 5.74) is 0. The van der Waals surface area contributed by atoms with Gasteiger partial charge in [0.25, 0.3) is 0 Å². The van der Waals surface area contributed by atoms with E-state index in [-0.39, 0.29) is 0 Å². The number of ether oxygens (including phenoxy) is 1. The molecule has 1 rings (SSSR count). The Hall–Kier alpha value is -1.14. The number of hydrogen-bond donors (Lipinski definition) is 3. The molecule has 1 aromatic rings. The minimum Gasteiger partial charge on any atom is -0.466 e. The molecule has 0 saturated heterocycles. The molecular weight excluding hydrogens is 188 g/mol. The molecule has 0 amide bonds. The first kappa shape index (κ1) is 6.33. The summed E-state index contributed by atoms with van der Waals surface area (Å²) in [6, 6.07) is 6.14. The van der Waals surface area contributed by atoms with Gasteiger partial charge in [-0.1, -0.05) is 18.7 Å². The van der Waals surface area contributed by atoms with Gasteiger partial charge < -0.3 is 19.1 Å². The lowest BCUT2D eigenvalue weighted by Crippen LogP contribution is -2.48. The van der Waals surface area contributed by atoms with E-state index in [1.54, 1.807) is 12.1 Å². The molecule has 0 saturated carbocycles. The van der Waals surface area contributed by atoms with Gasteiger partial charge in [0.1, 0.15) is 5.75 Å². The van der Waals surface area contributed by atoms with E-state index < -0.39 is 8.80 Å². The van der Waals surface area contributed by atoms with E-state index in [1.807, 2.05) is 0 Å². The Morgan fingerprint density at radius 2 is 1.92 bits per heavy atom. The standard InChI is InChI=1S/C8H10O4Si/c1-2-12-7-3-5-8(6-4-7)13(9,10)11/h2-6,9-11H,1H2/i9T,10T,11T. The molecule has 0 unspecified atom stereocenters. The van der Waals surface area contributed by atoms with Crippen LogP contribution >= 0.6 is 0 Å². The summed E-state index contributed by atoms with van der Waals surface area (Å²) >= 11 is 0. The Balaban J connectivity index is 2.98. The van der Waals surface area contributed by atoms with E-state index in [1.165, 1.54) is 18.4 Å². The van der Waals surface area contributed by atoms with Gasteiger partial charge in [-0.05, 0) is 12.1 Å². The predicted molar refractivity (Wildman–Crippen MR) is 49.3 cm³/mol. The number of hydrogen-bond acceptors (Lipinski definition) is 4. The van der Waals surface area contributed by atoms with Gasteiger partial charge in [-0.25, -0.2) is 0 Å². The average Bonchev–Trinajstić information content (AvgIpc) is 2.34. The Bertz CT molecular complexity index is 333. The Kier molecular flexibility index (Phi) is 1.81. The highest BCUT2D eigenvalue weighted by Crippen LogP contribution is 2.08. The van der Waals surface area contributed by atoms with Crippen LogP contribution in [0.25, 0.3) is 0 Å². The summed E-state index contributed by atoms with van der Waals surface area (Å²) < 4.78 is 25.4. The third-order valence-corrected chi connectivity index (χ3v) is 2.47. The molecule has 0 aliphatic rings. The maximum atomic E-state index is 6.80. The van der Waals surface area contributed by atoms with Gasteiger partial charge in [0.2, 0.25) is 0 Å². The Morgan fingerprint density at radius 1 is 1.31 bits per heavy atom. The van der Waals surface area contributed by atoms with Crippen molar-refractivity contribution in [1.29, 1.82) is 4.29 Å². The van der Waals surface area contributed by atoms with E-state index >= 15 is 0 Å². The molecule has 5 heteroatoms. The highest BCUT2D eigenvalue weighted by molar-refractivity contribution is 6.71. The van der Waals surface area contributed by atoms with Crippen LogP contribution in [-0.2, 0) is 0 Å². The molecule has 0 fully saturated rings. The van der Waals surface area contributed by atoms with E-state index in [0.717, 1.165) is 0 Å². The molecule has 0 radical (unpaired) electrons. The van der Waals surface area contributed by atoms with Crippen LogP contribution in [0.5, 0.6) is 5.75 Å². The van der Waals surface area contributed by atoms with Crippen molar-refractivity contribution in [2.45, 2.75) is 0 Å². The molecule has 0 spiro atoms. The van der Waals surface area contributed by atoms with Crippen LogP contribution in [0.1, 0.15) is 0 Å². The smallest absolute Gasteiger partial charge is 0.466 e. The first-order valence-electron chi connectivity index (χ1n) is 4.76. The average molecular weight is 204 g/mol. The van der Waals surface area contributed by atoms with Gasteiger partial charge in [0, 0.05) is 5.19 Å². The van der Waals surface area contributed by atoms with E-state index in [2.05, 4.69) is 21.0 Å². The second-order valence-electron chi connectivity index (χ2n) is 2.37. The molecule has 0 atom stereocenters. The third kappa shape index (κ3) is 2.67. The second kappa shape index (κ2) is 3.71. The van der Waals surface area contributed by atoms with Crippen LogP contribution in [0, 0.1) is 0 Å². The topological polar surface area (TPSA) is 69.9 Å². The van der Waals surface area contributed by atoms with Crippen molar-refractivity contribution in [2.75, 3.05) is 0 Å². The zero-order valence-corrected chi connectivity index (χ0v) is 7.73. The summed E-state index contributed by atoms with van der Waals surface area (Å²) in [6.45, 7) is 3.40. The minimum absolute atomic E-state index is 0.323. The third-order valence-electron chi connectivity index (χ3n) is 1.43. The van der Waals surface area contributed by atoms with E-state index in [4.69, 9.17) is 9.03 Å². The molecule has 1 aromatic carbocycles. The molecule has 70 valence electrons. The first-order valence-corrected chi connectivity index (χ1v) is 5.26. The molecule has 13 heavy (non-hydrogen) atoms. The van der Waals surface area contributed by atoms with Crippen molar-refractivity contribution in [3.05, 3.63) is 37.1 Å². The van der Waals surface area contributed by atoms with E-state index in [0.29, 0.717) is 10.9 Å². The van der Waals surface area contributed by atoms with Gasteiger partial charge in [-0.2, -0.15) is 0 Å². The Labute approximate surface area is 81.2 Å². The normalized spacial score (nSPS) is 14.0.